The van der Waals surface area contributed by atoms with Gasteiger partial charge in [0.25, 0.3) is 0 Å². The van der Waals surface area contributed by atoms with Gasteiger partial charge < -0.3 is 40.3 Å². The standard InChI is InChI=1S/C37H71NO8/c1-3-5-7-9-11-13-14-15-16-17-19-20-22-24-26-31(40)30(29-45-37-36(44)35(43)34(42)32(28-39)46-37)38-33(41)27-25-23-21-18-12-10-8-6-4-2/h24,26,30-32,34-37,39-40,42-44H,3-23,25,27-29H2,1-2H3,(H,38,41)/b26-24+. The van der Waals surface area contributed by atoms with Crippen LogP contribution >= 0.6 is 0 Å². The summed E-state index contributed by atoms with van der Waals surface area (Å²) in [5.41, 5.74) is 0. The van der Waals surface area contributed by atoms with Crippen molar-refractivity contribution >= 4 is 5.91 Å². The molecule has 0 saturated carbocycles. The number of aliphatic hydroxyl groups excluding tert-OH is 5. The molecular formula is C37H71NO8. The molecule has 0 aliphatic carbocycles. The van der Waals surface area contributed by atoms with Gasteiger partial charge in [-0.3, -0.25) is 4.79 Å². The maximum Gasteiger partial charge on any atom is 0.220 e. The summed E-state index contributed by atoms with van der Waals surface area (Å²) < 4.78 is 11.1. The fraction of sp³-hybridized carbons (Fsp3) is 0.919. The molecule has 1 heterocycles. The van der Waals surface area contributed by atoms with Gasteiger partial charge in [0, 0.05) is 6.42 Å². The van der Waals surface area contributed by atoms with Crippen LogP contribution in [0.15, 0.2) is 12.2 Å². The maximum atomic E-state index is 12.8. The highest BCUT2D eigenvalue weighted by molar-refractivity contribution is 5.76. The van der Waals surface area contributed by atoms with Crippen LogP contribution in [-0.4, -0.2) is 87.5 Å². The fourth-order valence-electron chi connectivity index (χ4n) is 5.98. The smallest absolute Gasteiger partial charge is 0.220 e. The largest absolute Gasteiger partial charge is 0.394 e. The number of aliphatic hydroxyl groups is 5. The predicted molar refractivity (Wildman–Crippen MR) is 184 cm³/mol. The van der Waals surface area contributed by atoms with E-state index in [4.69, 9.17) is 9.47 Å². The Balaban J connectivity index is 2.46. The molecule has 1 aliphatic rings. The summed E-state index contributed by atoms with van der Waals surface area (Å²) in [6, 6.07) is -0.795. The van der Waals surface area contributed by atoms with Gasteiger partial charge in [0.15, 0.2) is 6.29 Å². The van der Waals surface area contributed by atoms with E-state index in [1.807, 2.05) is 6.08 Å². The molecule has 0 radical (unpaired) electrons. The molecule has 0 bridgehead atoms. The number of unbranched alkanes of at least 4 members (excludes halogenated alkanes) is 20. The van der Waals surface area contributed by atoms with Crippen molar-refractivity contribution in [1.82, 2.24) is 5.32 Å². The molecule has 0 aromatic carbocycles. The summed E-state index contributed by atoms with van der Waals surface area (Å²) in [4.78, 5) is 12.8. The highest BCUT2D eigenvalue weighted by atomic mass is 16.7. The third-order valence-electron chi connectivity index (χ3n) is 9.11. The zero-order valence-corrected chi connectivity index (χ0v) is 29.3. The first-order valence-corrected chi connectivity index (χ1v) is 18.9. The molecule has 1 aliphatic heterocycles. The van der Waals surface area contributed by atoms with Crippen molar-refractivity contribution in [3.63, 3.8) is 0 Å². The Labute approximate surface area is 280 Å². The number of ether oxygens (including phenoxy) is 2. The number of amides is 1. The highest BCUT2D eigenvalue weighted by Crippen LogP contribution is 2.22. The van der Waals surface area contributed by atoms with E-state index >= 15 is 0 Å². The number of rotatable bonds is 30. The molecule has 7 atom stereocenters. The molecule has 1 rings (SSSR count). The Kier molecular flexibility index (Phi) is 27.0. The first-order valence-electron chi connectivity index (χ1n) is 18.9. The Hall–Kier alpha value is -1.07. The summed E-state index contributed by atoms with van der Waals surface area (Å²) in [7, 11) is 0. The molecule has 7 unspecified atom stereocenters. The summed E-state index contributed by atoms with van der Waals surface area (Å²) in [5.74, 6) is -0.182. The van der Waals surface area contributed by atoms with Gasteiger partial charge in [-0.2, -0.15) is 0 Å². The summed E-state index contributed by atoms with van der Waals surface area (Å²) in [5, 5.41) is 53.8. The lowest BCUT2D eigenvalue weighted by molar-refractivity contribution is -0.302. The van der Waals surface area contributed by atoms with E-state index in [1.165, 1.54) is 103 Å². The molecule has 9 heteroatoms. The van der Waals surface area contributed by atoms with Gasteiger partial charge in [0.2, 0.25) is 5.91 Å². The quantitative estimate of drug-likeness (QED) is 0.0394. The third kappa shape index (κ3) is 20.3. The van der Waals surface area contributed by atoms with Crippen molar-refractivity contribution in [2.45, 2.75) is 204 Å². The van der Waals surface area contributed by atoms with Crippen LogP contribution in [0.3, 0.4) is 0 Å². The van der Waals surface area contributed by atoms with Gasteiger partial charge in [-0.1, -0.05) is 148 Å². The van der Waals surface area contributed by atoms with Crippen LogP contribution in [0.1, 0.15) is 162 Å². The van der Waals surface area contributed by atoms with Crippen LogP contribution in [0.2, 0.25) is 0 Å². The van der Waals surface area contributed by atoms with Crippen LogP contribution in [-0.2, 0) is 14.3 Å². The average molecular weight is 658 g/mol. The lowest BCUT2D eigenvalue weighted by Crippen LogP contribution is -2.60. The molecule has 1 fully saturated rings. The van der Waals surface area contributed by atoms with E-state index in [2.05, 4.69) is 19.2 Å². The molecule has 0 aromatic heterocycles. The van der Waals surface area contributed by atoms with Crippen LogP contribution in [0.25, 0.3) is 0 Å². The molecule has 272 valence electrons. The van der Waals surface area contributed by atoms with E-state index < -0.39 is 49.5 Å². The molecule has 1 saturated heterocycles. The summed E-state index contributed by atoms with van der Waals surface area (Å²) >= 11 is 0. The van der Waals surface area contributed by atoms with Gasteiger partial charge in [0.1, 0.15) is 24.4 Å². The minimum absolute atomic E-state index is 0.182. The zero-order valence-electron chi connectivity index (χ0n) is 29.3. The highest BCUT2D eigenvalue weighted by Gasteiger charge is 2.44. The van der Waals surface area contributed by atoms with Crippen molar-refractivity contribution in [3.8, 4) is 0 Å². The van der Waals surface area contributed by atoms with Crippen molar-refractivity contribution < 1.29 is 39.8 Å². The first kappa shape index (κ1) is 43.0. The second-order valence-electron chi connectivity index (χ2n) is 13.4. The molecule has 1 amide bonds. The Bertz CT molecular complexity index is 736. The van der Waals surface area contributed by atoms with E-state index in [9.17, 15) is 30.3 Å². The maximum absolute atomic E-state index is 12.8. The Morgan fingerprint density at radius 3 is 1.70 bits per heavy atom. The first-order chi connectivity index (χ1) is 22.3. The van der Waals surface area contributed by atoms with Crippen molar-refractivity contribution in [2.75, 3.05) is 13.2 Å². The van der Waals surface area contributed by atoms with Gasteiger partial charge in [-0.05, 0) is 19.3 Å². The molecule has 6 N–H and O–H groups in total. The zero-order chi connectivity index (χ0) is 33.8. The van der Waals surface area contributed by atoms with Crippen LogP contribution in [0.5, 0.6) is 0 Å². The second-order valence-corrected chi connectivity index (χ2v) is 13.4. The Morgan fingerprint density at radius 2 is 1.20 bits per heavy atom. The molecule has 9 nitrogen and oxygen atoms in total. The molecule has 0 aromatic rings. The number of allylic oxidation sites excluding steroid dienone is 1. The van der Waals surface area contributed by atoms with Crippen molar-refractivity contribution in [1.29, 1.82) is 0 Å². The van der Waals surface area contributed by atoms with Crippen molar-refractivity contribution in [3.05, 3.63) is 12.2 Å². The topological polar surface area (TPSA) is 149 Å². The minimum atomic E-state index is -1.56. The number of hydrogen-bond donors (Lipinski definition) is 6. The van der Waals surface area contributed by atoms with Crippen molar-refractivity contribution in [2.24, 2.45) is 0 Å². The van der Waals surface area contributed by atoms with E-state index in [0.717, 1.165) is 38.5 Å². The summed E-state index contributed by atoms with van der Waals surface area (Å²) in [6.45, 7) is 3.72. The summed E-state index contributed by atoms with van der Waals surface area (Å²) in [6.07, 6.45) is 22.6. The molecule has 0 spiro atoms. The predicted octanol–water partition coefficient (Wildman–Crippen LogP) is 6.22. The normalized spacial score (nSPS) is 23.2. The van der Waals surface area contributed by atoms with E-state index in [0.29, 0.717) is 6.42 Å². The van der Waals surface area contributed by atoms with Gasteiger partial charge >= 0.3 is 0 Å². The van der Waals surface area contributed by atoms with E-state index in [-0.39, 0.29) is 12.5 Å². The van der Waals surface area contributed by atoms with Crippen LogP contribution in [0, 0.1) is 0 Å². The van der Waals surface area contributed by atoms with Gasteiger partial charge in [-0.15, -0.1) is 0 Å². The number of hydrogen-bond acceptors (Lipinski definition) is 8. The lowest BCUT2D eigenvalue weighted by Gasteiger charge is -2.40. The van der Waals surface area contributed by atoms with Gasteiger partial charge in [0.05, 0.1) is 25.4 Å². The van der Waals surface area contributed by atoms with E-state index in [1.54, 1.807) is 6.08 Å². The SMILES string of the molecule is CCCCCCCCCCCCCC/C=C/C(O)C(COC1OC(CO)C(O)C(O)C1O)NC(=O)CCCCCCCCCCC. The second kappa shape index (κ2) is 28.9. The fourth-order valence-corrected chi connectivity index (χ4v) is 5.98. The monoisotopic (exact) mass is 658 g/mol. The minimum Gasteiger partial charge on any atom is -0.394 e. The van der Waals surface area contributed by atoms with Gasteiger partial charge in [-0.25, -0.2) is 0 Å². The number of carbonyl (C=O) groups excluding carboxylic acids is 1. The molecule has 46 heavy (non-hydrogen) atoms. The van der Waals surface area contributed by atoms with Crippen LogP contribution in [0.4, 0.5) is 0 Å². The lowest BCUT2D eigenvalue weighted by atomic mass is 9.99. The average Bonchev–Trinajstić information content (AvgIpc) is 3.05. The third-order valence-corrected chi connectivity index (χ3v) is 9.11. The molecular weight excluding hydrogens is 586 g/mol. The number of nitrogens with one attached hydrogen (secondary N) is 1. The number of carbonyl (C=O) groups is 1. The Morgan fingerprint density at radius 1 is 0.717 bits per heavy atom. The van der Waals surface area contributed by atoms with Crippen LogP contribution < -0.4 is 5.32 Å².